The topological polar surface area (TPSA) is 373 Å². The molecule has 0 bridgehead atoms. The standard InChI is InChI=1S/C47H60N14O9S3/c48-41(63)39(26-72)61-45(67)37(21-29-23-53-33-15-8-7-14-32(29)33)59-42(64)34(16-9-18-52-47(49)50)57-44(66)36(20-28-10-3-1-4-11-28)58-46(68)38(22-30-24-51-27-54-30)60-43(65)35(17-19-71)56-40(62)25-55-73(69,70)31-12-5-2-6-13-31/h1-8,10-15,23-24,27,34-39,53,55,71-72H,9,16-22,25-26H2,(H2,48,63)(H,51,54)(H,56,62)(H,57,66)(H,58,68)(H,59,64)(H,60,65)(H,61,67)(H4,49,50,52)/t34-,35-,36+,37-,38-,39-/m0/s1. The molecule has 73 heavy (non-hydrogen) atoms. The molecule has 390 valence electrons. The van der Waals surface area contributed by atoms with Gasteiger partial charge in [-0.25, -0.2) is 18.1 Å². The van der Waals surface area contributed by atoms with Crippen molar-refractivity contribution in [3.05, 3.63) is 120 Å². The lowest BCUT2D eigenvalue weighted by atomic mass is 10.0. The molecule has 15 N–H and O–H groups in total. The zero-order chi connectivity index (χ0) is 52.9. The van der Waals surface area contributed by atoms with E-state index in [4.69, 9.17) is 17.2 Å². The smallest absolute Gasteiger partial charge is 0.243 e. The minimum absolute atomic E-state index is 0.0264. The number of aliphatic imine (C=N–C) groups is 1. The number of hydrogen-bond acceptors (Lipinski definition) is 13. The summed E-state index contributed by atoms with van der Waals surface area (Å²) in [6.45, 7) is -0.653. The van der Waals surface area contributed by atoms with Gasteiger partial charge in [0.1, 0.15) is 36.3 Å². The van der Waals surface area contributed by atoms with Crippen LogP contribution in [0.2, 0.25) is 0 Å². The van der Waals surface area contributed by atoms with E-state index in [9.17, 15) is 42.0 Å². The van der Waals surface area contributed by atoms with E-state index >= 15 is 0 Å². The second-order valence-electron chi connectivity index (χ2n) is 16.6. The zero-order valence-corrected chi connectivity index (χ0v) is 42.1. The molecule has 0 spiro atoms. The van der Waals surface area contributed by atoms with Crippen molar-refractivity contribution in [2.45, 2.75) is 79.7 Å². The Balaban J connectivity index is 1.39. The summed E-state index contributed by atoms with van der Waals surface area (Å²) < 4.78 is 27.7. The molecule has 0 aliphatic heterocycles. The number of H-pyrrole nitrogens is 2. The van der Waals surface area contributed by atoms with Gasteiger partial charge < -0.3 is 59.1 Å². The van der Waals surface area contributed by atoms with Crippen molar-refractivity contribution in [1.29, 1.82) is 0 Å². The molecule has 3 aromatic carbocycles. The van der Waals surface area contributed by atoms with E-state index in [1.807, 2.05) is 24.3 Å². The summed E-state index contributed by atoms with van der Waals surface area (Å²) in [4.78, 5) is 110. The number of nitrogens with zero attached hydrogens (tertiary/aromatic N) is 2. The number of benzene rings is 3. The number of rotatable bonds is 29. The number of carbonyl (C=O) groups excluding carboxylic acids is 7. The minimum atomic E-state index is -4.07. The highest BCUT2D eigenvalue weighted by atomic mass is 32.2. The van der Waals surface area contributed by atoms with E-state index in [0.717, 1.165) is 10.9 Å². The van der Waals surface area contributed by atoms with Crippen LogP contribution in [0.5, 0.6) is 0 Å². The lowest BCUT2D eigenvalue weighted by molar-refractivity contribution is -0.135. The van der Waals surface area contributed by atoms with Crippen molar-refractivity contribution in [2.24, 2.45) is 22.2 Å². The summed E-state index contributed by atoms with van der Waals surface area (Å²) in [5.41, 5.74) is 19.1. The molecule has 0 saturated carbocycles. The molecule has 0 aliphatic carbocycles. The van der Waals surface area contributed by atoms with Gasteiger partial charge in [-0.2, -0.15) is 25.3 Å². The highest BCUT2D eigenvalue weighted by molar-refractivity contribution is 7.89. The predicted octanol–water partition coefficient (Wildman–Crippen LogP) is -1.41. The van der Waals surface area contributed by atoms with Crippen molar-refractivity contribution >= 4 is 93.5 Å². The fraction of sp³-hybridized carbons (Fsp3) is 0.340. The Labute approximate surface area is 432 Å². The van der Waals surface area contributed by atoms with Crippen molar-refractivity contribution < 1.29 is 42.0 Å². The Hall–Kier alpha value is -7.42. The fourth-order valence-corrected chi connectivity index (χ4v) is 8.97. The molecule has 0 aliphatic rings. The van der Waals surface area contributed by atoms with Crippen molar-refractivity contribution in [1.82, 2.24) is 51.6 Å². The molecule has 0 fully saturated rings. The number of guanidine groups is 1. The van der Waals surface area contributed by atoms with Crippen LogP contribution in [0.25, 0.3) is 10.9 Å². The Bertz CT molecular complexity index is 2800. The van der Waals surface area contributed by atoms with Crippen molar-refractivity contribution in [2.75, 3.05) is 24.6 Å². The van der Waals surface area contributed by atoms with Gasteiger partial charge in [-0.15, -0.1) is 0 Å². The molecule has 5 aromatic rings. The van der Waals surface area contributed by atoms with Crippen LogP contribution in [0.1, 0.15) is 36.1 Å². The number of amides is 7. The molecule has 2 heterocycles. The van der Waals surface area contributed by atoms with Gasteiger partial charge in [0, 0.05) is 60.6 Å². The Kier molecular flexibility index (Phi) is 21.7. The third-order valence-electron chi connectivity index (χ3n) is 11.2. The van der Waals surface area contributed by atoms with E-state index in [1.165, 1.54) is 36.8 Å². The first-order chi connectivity index (χ1) is 35.0. The summed E-state index contributed by atoms with van der Waals surface area (Å²) >= 11 is 8.38. The largest absolute Gasteiger partial charge is 0.370 e. The Morgan fingerprint density at radius 2 is 1.18 bits per heavy atom. The lowest BCUT2D eigenvalue weighted by Gasteiger charge is -2.27. The van der Waals surface area contributed by atoms with Crippen LogP contribution in [0.15, 0.2) is 114 Å². The first-order valence-corrected chi connectivity index (χ1v) is 25.7. The number of hydrogen-bond donors (Lipinski definition) is 14. The van der Waals surface area contributed by atoms with Gasteiger partial charge in [0.25, 0.3) is 0 Å². The summed E-state index contributed by atoms with van der Waals surface area (Å²) in [6, 6.07) is 15.4. The summed E-state index contributed by atoms with van der Waals surface area (Å²) in [7, 11) is -4.07. The van der Waals surface area contributed by atoms with E-state index in [-0.39, 0.29) is 67.4 Å². The number of nitrogens with one attached hydrogen (secondary N) is 9. The maximum Gasteiger partial charge on any atom is 0.243 e. The van der Waals surface area contributed by atoms with Crippen LogP contribution < -0.4 is 53.8 Å². The van der Waals surface area contributed by atoms with Crippen LogP contribution in [0, 0.1) is 0 Å². The van der Waals surface area contributed by atoms with Gasteiger partial charge >= 0.3 is 0 Å². The van der Waals surface area contributed by atoms with Gasteiger partial charge in [-0.1, -0.05) is 66.7 Å². The molecule has 5 rings (SSSR count). The number of para-hydroxylation sites is 1. The normalized spacial score (nSPS) is 13.7. The van der Waals surface area contributed by atoms with Crippen molar-refractivity contribution in [3.63, 3.8) is 0 Å². The third kappa shape index (κ3) is 17.7. The van der Waals surface area contributed by atoms with Crippen LogP contribution in [-0.4, -0.2) is 132 Å². The van der Waals surface area contributed by atoms with Gasteiger partial charge in [0.05, 0.1) is 17.8 Å². The Morgan fingerprint density at radius 3 is 1.77 bits per heavy atom. The van der Waals surface area contributed by atoms with Crippen LogP contribution in [0.4, 0.5) is 0 Å². The molecule has 0 unspecified atom stereocenters. The number of imidazole rings is 1. The average molecular weight is 1060 g/mol. The maximum atomic E-state index is 14.6. The van der Waals surface area contributed by atoms with E-state index < -0.39 is 94.2 Å². The molecular formula is C47H60N14O9S3. The maximum absolute atomic E-state index is 14.6. The van der Waals surface area contributed by atoms with Crippen LogP contribution in [0.3, 0.4) is 0 Å². The molecular weight excluding hydrogens is 1000 g/mol. The van der Waals surface area contributed by atoms with Crippen LogP contribution in [-0.2, 0) is 62.8 Å². The Morgan fingerprint density at radius 1 is 0.630 bits per heavy atom. The van der Waals surface area contributed by atoms with E-state index in [0.29, 0.717) is 16.8 Å². The molecule has 0 saturated heterocycles. The van der Waals surface area contributed by atoms with Crippen LogP contribution >= 0.6 is 25.3 Å². The number of aromatic nitrogens is 3. The third-order valence-corrected chi connectivity index (χ3v) is 13.3. The lowest BCUT2D eigenvalue weighted by Crippen LogP contribution is -2.60. The first kappa shape index (κ1) is 56.5. The molecule has 6 atom stereocenters. The summed E-state index contributed by atoms with van der Waals surface area (Å²) in [5, 5.41) is 16.7. The first-order valence-electron chi connectivity index (χ1n) is 23.0. The number of nitrogens with two attached hydrogens (primary N) is 3. The number of thiol groups is 2. The quantitative estimate of drug-likeness (QED) is 0.0114. The molecule has 26 heteroatoms. The number of carbonyl (C=O) groups is 7. The summed E-state index contributed by atoms with van der Waals surface area (Å²) in [5.74, 6) is -5.99. The highest BCUT2D eigenvalue weighted by Gasteiger charge is 2.34. The van der Waals surface area contributed by atoms with Gasteiger partial charge in [-0.05, 0) is 54.3 Å². The molecule has 0 radical (unpaired) electrons. The average Bonchev–Trinajstić information content (AvgIpc) is 4.05. The van der Waals surface area contributed by atoms with Gasteiger partial charge in [0.15, 0.2) is 5.96 Å². The fourth-order valence-electron chi connectivity index (χ4n) is 7.44. The monoisotopic (exact) mass is 1060 g/mol. The molecule has 23 nitrogen and oxygen atoms in total. The SMILES string of the molecule is NC(=O)[C@H](CS)NC(=O)[C@H](Cc1c[nH]c2ccccc12)NC(=O)[C@H](CCCN=C(N)N)NC(=O)[C@@H](Cc1ccccc1)NC(=O)[C@H](Cc1cnc[nH]1)NC(=O)[C@H](CCS)NC(=O)CNS(=O)(=O)c1ccccc1. The number of sulfonamides is 1. The second kappa shape index (κ2) is 28.0. The number of aromatic amines is 2. The molecule has 7 amide bonds. The predicted molar refractivity (Wildman–Crippen MR) is 279 cm³/mol. The summed E-state index contributed by atoms with van der Waals surface area (Å²) in [6.07, 6.45) is 4.21. The zero-order valence-electron chi connectivity index (χ0n) is 39.5. The second-order valence-corrected chi connectivity index (χ2v) is 19.2. The van der Waals surface area contributed by atoms with Gasteiger partial charge in [-0.3, -0.25) is 38.6 Å². The van der Waals surface area contributed by atoms with Gasteiger partial charge in [0.2, 0.25) is 51.4 Å². The highest BCUT2D eigenvalue weighted by Crippen LogP contribution is 2.20. The number of primary amides is 1. The number of fused-ring (bicyclic) bond motifs is 1. The molecule has 2 aromatic heterocycles. The van der Waals surface area contributed by atoms with E-state index in [2.05, 4.69) is 81.8 Å². The minimum Gasteiger partial charge on any atom is -0.370 e. The van der Waals surface area contributed by atoms with Crippen molar-refractivity contribution in [3.8, 4) is 0 Å². The van der Waals surface area contributed by atoms with E-state index in [1.54, 1.807) is 42.6 Å².